The lowest BCUT2D eigenvalue weighted by Crippen LogP contribution is -2.41. The van der Waals surface area contributed by atoms with Gasteiger partial charge in [-0.1, -0.05) is 12.1 Å². The molecule has 2 aliphatic heterocycles. The van der Waals surface area contributed by atoms with Gasteiger partial charge in [-0.3, -0.25) is 9.59 Å². The molecule has 170 valence electrons. The number of carbonyl (C=O) groups is 2. The van der Waals surface area contributed by atoms with Crippen LogP contribution in [0.25, 0.3) is 0 Å². The van der Waals surface area contributed by atoms with E-state index in [4.69, 9.17) is 0 Å². The van der Waals surface area contributed by atoms with Gasteiger partial charge in [0.2, 0.25) is 21.8 Å². The first-order valence-electron chi connectivity index (χ1n) is 10.8. The molecule has 2 fully saturated rings. The van der Waals surface area contributed by atoms with Crippen molar-refractivity contribution < 1.29 is 22.4 Å². The summed E-state index contributed by atoms with van der Waals surface area (Å²) < 4.78 is 39.9. The number of rotatable bonds is 6. The molecule has 9 heteroatoms. The molecule has 0 atom stereocenters. The standard InChI is InChI=1S/C23H26FN3O4S/c24-19-6-8-21(9-7-19)32(30,31)27-13-10-18(11-14-27)23(29)25-20-4-1-3-17(15-20)16-26-12-2-5-22(26)28/h1,3-4,6-9,15,18H,2,5,10-14,16H2,(H,25,29). The summed E-state index contributed by atoms with van der Waals surface area (Å²) in [6.07, 6.45) is 2.29. The van der Waals surface area contributed by atoms with Gasteiger partial charge in [0, 0.05) is 44.2 Å². The SMILES string of the molecule is O=C(Nc1cccc(CN2CCCC2=O)c1)C1CCN(S(=O)(=O)c2ccc(F)cc2)CC1. The number of anilines is 1. The molecule has 2 aliphatic rings. The number of amides is 2. The van der Waals surface area contributed by atoms with Crippen LogP contribution in [0.3, 0.4) is 0 Å². The first-order valence-corrected chi connectivity index (χ1v) is 12.2. The van der Waals surface area contributed by atoms with Crippen LogP contribution in [0.2, 0.25) is 0 Å². The van der Waals surface area contributed by atoms with E-state index in [9.17, 15) is 22.4 Å². The van der Waals surface area contributed by atoms with Gasteiger partial charge in [-0.05, 0) is 61.2 Å². The summed E-state index contributed by atoms with van der Waals surface area (Å²) in [5.74, 6) is -0.770. The van der Waals surface area contributed by atoms with Gasteiger partial charge in [-0.2, -0.15) is 4.31 Å². The number of benzene rings is 2. The van der Waals surface area contributed by atoms with Crippen molar-refractivity contribution in [2.24, 2.45) is 5.92 Å². The molecule has 1 N–H and O–H groups in total. The summed E-state index contributed by atoms with van der Waals surface area (Å²) in [5, 5.41) is 2.93. The minimum absolute atomic E-state index is 0.0510. The molecule has 0 bridgehead atoms. The van der Waals surface area contributed by atoms with Crippen molar-refractivity contribution in [1.29, 1.82) is 0 Å². The van der Waals surface area contributed by atoms with E-state index < -0.39 is 15.8 Å². The van der Waals surface area contributed by atoms with Crippen molar-refractivity contribution in [3.63, 3.8) is 0 Å². The number of hydrogen-bond donors (Lipinski definition) is 1. The van der Waals surface area contributed by atoms with E-state index in [1.165, 1.54) is 16.4 Å². The predicted octanol–water partition coefficient (Wildman–Crippen LogP) is 2.99. The Kier molecular flexibility index (Phi) is 6.57. The Morgan fingerprint density at radius 3 is 2.44 bits per heavy atom. The summed E-state index contributed by atoms with van der Waals surface area (Å²) >= 11 is 0. The van der Waals surface area contributed by atoms with E-state index in [1.807, 2.05) is 23.1 Å². The van der Waals surface area contributed by atoms with Crippen LogP contribution in [-0.4, -0.2) is 49.1 Å². The van der Waals surface area contributed by atoms with E-state index >= 15 is 0 Å². The van der Waals surface area contributed by atoms with Crippen LogP contribution in [0, 0.1) is 11.7 Å². The number of halogens is 1. The van der Waals surface area contributed by atoms with Gasteiger partial charge in [0.25, 0.3) is 0 Å². The number of piperidine rings is 1. The molecule has 2 aromatic rings. The van der Waals surface area contributed by atoms with Crippen molar-refractivity contribution in [2.45, 2.75) is 37.1 Å². The minimum Gasteiger partial charge on any atom is -0.338 e. The number of nitrogens with zero attached hydrogens (tertiary/aromatic N) is 2. The average Bonchev–Trinajstić information content (AvgIpc) is 3.18. The van der Waals surface area contributed by atoms with Gasteiger partial charge >= 0.3 is 0 Å². The van der Waals surface area contributed by atoms with Gasteiger partial charge in [0.15, 0.2) is 0 Å². The van der Waals surface area contributed by atoms with Crippen LogP contribution in [0.4, 0.5) is 10.1 Å². The zero-order valence-electron chi connectivity index (χ0n) is 17.7. The maximum Gasteiger partial charge on any atom is 0.243 e. The van der Waals surface area contributed by atoms with Crippen LogP contribution in [-0.2, 0) is 26.2 Å². The quantitative estimate of drug-likeness (QED) is 0.720. The van der Waals surface area contributed by atoms with E-state index in [-0.39, 0.29) is 35.7 Å². The molecule has 4 rings (SSSR count). The number of carbonyl (C=O) groups excluding carboxylic acids is 2. The number of likely N-dealkylation sites (tertiary alicyclic amines) is 1. The topological polar surface area (TPSA) is 86.8 Å². The molecule has 2 aromatic carbocycles. The lowest BCUT2D eigenvalue weighted by Gasteiger charge is -2.30. The predicted molar refractivity (Wildman–Crippen MR) is 118 cm³/mol. The first kappa shape index (κ1) is 22.4. The lowest BCUT2D eigenvalue weighted by molar-refractivity contribution is -0.128. The molecule has 32 heavy (non-hydrogen) atoms. The molecular formula is C23H26FN3O4S. The van der Waals surface area contributed by atoms with Crippen LogP contribution in [0.5, 0.6) is 0 Å². The second-order valence-electron chi connectivity index (χ2n) is 8.24. The van der Waals surface area contributed by atoms with E-state index in [2.05, 4.69) is 5.32 Å². The Balaban J connectivity index is 1.33. The van der Waals surface area contributed by atoms with Crippen LogP contribution in [0.15, 0.2) is 53.4 Å². The second kappa shape index (κ2) is 9.38. The molecule has 2 saturated heterocycles. The lowest BCUT2D eigenvalue weighted by atomic mass is 9.97. The zero-order valence-corrected chi connectivity index (χ0v) is 18.5. The summed E-state index contributed by atoms with van der Waals surface area (Å²) in [7, 11) is -3.71. The van der Waals surface area contributed by atoms with Gasteiger partial charge in [0.05, 0.1) is 4.90 Å². The normalized spacial score (nSPS) is 18.2. The van der Waals surface area contributed by atoms with Crippen molar-refractivity contribution in [3.8, 4) is 0 Å². The summed E-state index contributed by atoms with van der Waals surface area (Å²) in [6, 6.07) is 12.2. The molecule has 2 amide bonds. The van der Waals surface area contributed by atoms with Gasteiger partial charge in [0.1, 0.15) is 5.82 Å². The third-order valence-electron chi connectivity index (χ3n) is 6.02. The Labute approximate surface area is 187 Å². The summed E-state index contributed by atoms with van der Waals surface area (Å²) in [4.78, 5) is 26.5. The largest absolute Gasteiger partial charge is 0.338 e. The number of hydrogen-bond acceptors (Lipinski definition) is 4. The fourth-order valence-corrected chi connectivity index (χ4v) is 5.67. The highest BCUT2D eigenvalue weighted by molar-refractivity contribution is 7.89. The summed E-state index contributed by atoms with van der Waals surface area (Å²) in [6.45, 7) is 1.75. The minimum atomic E-state index is -3.71. The van der Waals surface area contributed by atoms with Crippen molar-refractivity contribution in [3.05, 3.63) is 59.9 Å². The zero-order chi connectivity index (χ0) is 22.7. The molecule has 0 aliphatic carbocycles. The number of nitrogens with one attached hydrogen (secondary N) is 1. The van der Waals surface area contributed by atoms with Gasteiger partial charge < -0.3 is 10.2 Å². The third-order valence-corrected chi connectivity index (χ3v) is 7.93. The van der Waals surface area contributed by atoms with E-state index in [1.54, 1.807) is 6.07 Å². The smallest absolute Gasteiger partial charge is 0.243 e. The molecule has 0 saturated carbocycles. The summed E-state index contributed by atoms with van der Waals surface area (Å²) in [5.41, 5.74) is 1.62. The van der Waals surface area contributed by atoms with Gasteiger partial charge in [-0.25, -0.2) is 12.8 Å². The fourth-order valence-electron chi connectivity index (χ4n) is 4.20. The van der Waals surface area contributed by atoms with E-state index in [0.29, 0.717) is 31.5 Å². The van der Waals surface area contributed by atoms with Gasteiger partial charge in [-0.15, -0.1) is 0 Å². The molecule has 0 unspecified atom stereocenters. The Morgan fingerprint density at radius 2 is 1.78 bits per heavy atom. The van der Waals surface area contributed by atoms with Crippen LogP contribution in [0.1, 0.15) is 31.2 Å². The first-order chi connectivity index (χ1) is 15.3. The third kappa shape index (κ3) is 4.99. The van der Waals surface area contributed by atoms with Crippen molar-refractivity contribution >= 4 is 27.5 Å². The molecule has 7 nitrogen and oxygen atoms in total. The maximum absolute atomic E-state index is 13.1. The monoisotopic (exact) mass is 459 g/mol. The highest BCUT2D eigenvalue weighted by Gasteiger charge is 2.32. The second-order valence-corrected chi connectivity index (χ2v) is 10.2. The van der Waals surface area contributed by atoms with Crippen molar-refractivity contribution in [2.75, 3.05) is 25.0 Å². The maximum atomic E-state index is 13.1. The van der Waals surface area contributed by atoms with Crippen LogP contribution < -0.4 is 5.32 Å². The molecule has 2 heterocycles. The molecular weight excluding hydrogens is 433 g/mol. The molecule has 0 radical (unpaired) electrons. The Hall–Kier alpha value is -2.78. The van der Waals surface area contributed by atoms with Crippen molar-refractivity contribution in [1.82, 2.24) is 9.21 Å². The molecule has 0 aromatic heterocycles. The highest BCUT2D eigenvalue weighted by Crippen LogP contribution is 2.25. The van der Waals surface area contributed by atoms with E-state index in [0.717, 1.165) is 30.7 Å². The Bertz CT molecular complexity index is 1100. The average molecular weight is 460 g/mol. The fraction of sp³-hybridized carbons (Fsp3) is 0.391. The van der Waals surface area contributed by atoms with Crippen LogP contribution >= 0.6 is 0 Å². The molecule has 0 spiro atoms. The number of sulfonamides is 1. The highest BCUT2D eigenvalue weighted by atomic mass is 32.2. The Morgan fingerprint density at radius 1 is 1.06 bits per heavy atom.